The van der Waals surface area contributed by atoms with Crippen LogP contribution in [0.4, 0.5) is 0 Å². The second kappa shape index (κ2) is 4.62. The van der Waals surface area contributed by atoms with Crippen LogP contribution in [0.3, 0.4) is 0 Å². The first-order valence-electron chi connectivity index (χ1n) is 8.29. The predicted molar refractivity (Wildman–Crippen MR) is 77.1 cm³/mol. The van der Waals surface area contributed by atoms with Gasteiger partial charge in [-0.3, -0.25) is 4.90 Å². The molecule has 1 atom stereocenters. The Labute approximate surface area is 128 Å². The van der Waals surface area contributed by atoms with Crippen LogP contribution in [0.25, 0.3) is 0 Å². The lowest BCUT2D eigenvalue weighted by molar-refractivity contribution is 0.135. The van der Waals surface area contributed by atoms with Crippen LogP contribution in [0.15, 0.2) is 4.52 Å². The van der Waals surface area contributed by atoms with Crippen molar-refractivity contribution in [1.82, 2.24) is 29.8 Å². The summed E-state index contributed by atoms with van der Waals surface area (Å²) in [5.41, 5.74) is 0. The van der Waals surface area contributed by atoms with Crippen LogP contribution >= 0.6 is 0 Å². The fourth-order valence-electron chi connectivity index (χ4n) is 3.25. The van der Waals surface area contributed by atoms with Gasteiger partial charge < -0.3 is 9.09 Å². The molecular formula is C15H20N6O. The minimum atomic E-state index is 0.134. The van der Waals surface area contributed by atoms with E-state index >= 15 is 0 Å². The van der Waals surface area contributed by atoms with E-state index in [0.29, 0.717) is 11.8 Å². The normalized spacial score (nSPS) is 23.5. The number of fused-ring (bicyclic) bond motifs is 1. The third-order valence-electron chi connectivity index (χ3n) is 5.06. The topological polar surface area (TPSA) is 72.9 Å². The maximum atomic E-state index is 5.48. The van der Waals surface area contributed by atoms with Gasteiger partial charge in [0.2, 0.25) is 5.89 Å². The molecule has 1 aliphatic heterocycles. The maximum Gasteiger partial charge on any atom is 0.243 e. The Hall–Kier alpha value is -1.76. The van der Waals surface area contributed by atoms with E-state index in [1.807, 2.05) is 0 Å². The van der Waals surface area contributed by atoms with Crippen LogP contribution in [-0.2, 0) is 13.1 Å². The standard InChI is InChI=1S/C15H20N6O/c1-9(15-16-13(19-22-15)10-2-3-10)20-6-7-21-12(8-20)17-18-14(21)11-4-5-11/h9-11H,2-8H2,1H3/t9-/m1/s1. The van der Waals surface area contributed by atoms with Crippen LogP contribution in [0.2, 0.25) is 0 Å². The zero-order valence-corrected chi connectivity index (χ0v) is 12.8. The fraction of sp³-hybridized carbons (Fsp3) is 0.733. The van der Waals surface area contributed by atoms with Crippen molar-refractivity contribution in [1.29, 1.82) is 0 Å². The van der Waals surface area contributed by atoms with E-state index < -0.39 is 0 Å². The molecule has 0 unspecified atom stereocenters. The van der Waals surface area contributed by atoms with Gasteiger partial charge in [-0.05, 0) is 32.6 Å². The first-order valence-corrected chi connectivity index (χ1v) is 8.29. The Kier molecular flexibility index (Phi) is 2.68. The van der Waals surface area contributed by atoms with Gasteiger partial charge in [0.1, 0.15) is 11.6 Å². The number of aromatic nitrogens is 5. The predicted octanol–water partition coefficient (Wildman–Crippen LogP) is 1.99. The molecule has 0 amide bonds. The van der Waals surface area contributed by atoms with E-state index in [1.165, 1.54) is 31.5 Å². The molecule has 22 heavy (non-hydrogen) atoms. The van der Waals surface area contributed by atoms with Crippen molar-refractivity contribution in [3.8, 4) is 0 Å². The van der Waals surface area contributed by atoms with E-state index in [-0.39, 0.29) is 6.04 Å². The van der Waals surface area contributed by atoms with Crippen molar-refractivity contribution >= 4 is 0 Å². The smallest absolute Gasteiger partial charge is 0.243 e. The summed E-state index contributed by atoms with van der Waals surface area (Å²) in [5.74, 6) is 5.07. The zero-order chi connectivity index (χ0) is 14.7. The SMILES string of the molecule is C[C@H](c1nc(C2CC2)no1)N1CCn2c(nnc2C2CC2)C1. The van der Waals surface area contributed by atoms with Gasteiger partial charge in [-0.15, -0.1) is 10.2 Å². The van der Waals surface area contributed by atoms with Gasteiger partial charge in [0.15, 0.2) is 5.82 Å². The molecule has 0 aromatic carbocycles. The number of hydrogen-bond acceptors (Lipinski definition) is 6. The van der Waals surface area contributed by atoms with Gasteiger partial charge in [-0.2, -0.15) is 4.98 Å². The van der Waals surface area contributed by atoms with Crippen molar-refractivity contribution in [3.05, 3.63) is 23.4 Å². The third-order valence-corrected chi connectivity index (χ3v) is 5.06. The maximum absolute atomic E-state index is 5.48. The van der Waals surface area contributed by atoms with E-state index in [1.54, 1.807) is 0 Å². The van der Waals surface area contributed by atoms with Crippen LogP contribution < -0.4 is 0 Å². The van der Waals surface area contributed by atoms with E-state index in [9.17, 15) is 0 Å². The summed E-state index contributed by atoms with van der Waals surface area (Å²) < 4.78 is 7.79. The van der Waals surface area contributed by atoms with Gasteiger partial charge in [0.05, 0.1) is 12.6 Å². The molecule has 0 N–H and O–H groups in total. The molecule has 2 aromatic rings. The van der Waals surface area contributed by atoms with Crippen molar-refractivity contribution in [2.45, 2.75) is 63.6 Å². The lowest BCUT2D eigenvalue weighted by atomic mass is 10.2. The van der Waals surface area contributed by atoms with Gasteiger partial charge in [-0.1, -0.05) is 5.16 Å². The molecule has 2 aromatic heterocycles. The van der Waals surface area contributed by atoms with Crippen LogP contribution in [0.1, 0.15) is 73.8 Å². The first kappa shape index (κ1) is 12.8. The molecular weight excluding hydrogens is 280 g/mol. The minimum Gasteiger partial charge on any atom is -0.338 e. The second-order valence-corrected chi connectivity index (χ2v) is 6.81. The Morgan fingerprint density at radius 1 is 1.09 bits per heavy atom. The molecule has 0 spiro atoms. The summed E-state index contributed by atoms with van der Waals surface area (Å²) in [7, 11) is 0. The largest absolute Gasteiger partial charge is 0.338 e. The highest BCUT2D eigenvalue weighted by Crippen LogP contribution is 2.40. The van der Waals surface area contributed by atoms with Crippen molar-refractivity contribution in [3.63, 3.8) is 0 Å². The minimum absolute atomic E-state index is 0.134. The Balaban J connectivity index is 1.34. The van der Waals surface area contributed by atoms with E-state index in [0.717, 1.165) is 37.2 Å². The summed E-state index contributed by atoms with van der Waals surface area (Å²) in [5, 5.41) is 12.9. The lowest BCUT2D eigenvalue weighted by Gasteiger charge is -2.30. The molecule has 7 nitrogen and oxygen atoms in total. The zero-order valence-electron chi connectivity index (χ0n) is 12.8. The van der Waals surface area contributed by atoms with Crippen molar-refractivity contribution in [2.75, 3.05) is 6.54 Å². The Morgan fingerprint density at radius 2 is 1.91 bits per heavy atom. The van der Waals surface area contributed by atoms with Crippen molar-refractivity contribution in [2.24, 2.45) is 0 Å². The molecule has 5 rings (SSSR count). The van der Waals surface area contributed by atoms with E-state index in [2.05, 4.69) is 36.7 Å². The molecule has 2 saturated carbocycles. The second-order valence-electron chi connectivity index (χ2n) is 6.81. The molecule has 0 bridgehead atoms. The summed E-state index contributed by atoms with van der Waals surface area (Å²) in [4.78, 5) is 6.94. The Morgan fingerprint density at radius 3 is 2.68 bits per heavy atom. The van der Waals surface area contributed by atoms with Crippen LogP contribution in [0, 0.1) is 0 Å². The molecule has 2 fully saturated rings. The van der Waals surface area contributed by atoms with Gasteiger partial charge in [-0.25, -0.2) is 0 Å². The highest BCUT2D eigenvalue weighted by atomic mass is 16.5. The van der Waals surface area contributed by atoms with Crippen LogP contribution in [0.5, 0.6) is 0 Å². The van der Waals surface area contributed by atoms with Gasteiger partial charge in [0.25, 0.3) is 0 Å². The lowest BCUT2D eigenvalue weighted by Crippen LogP contribution is -2.36. The summed E-state index contributed by atoms with van der Waals surface area (Å²) in [6, 6.07) is 0.134. The van der Waals surface area contributed by atoms with E-state index in [4.69, 9.17) is 4.52 Å². The first-order chi connectivity index (χ1) is 10.8. The molecule has 2 aliphatic carbocycles. The highest BCUT2D eigenvalue weighted by Gasteiger charge is 2.34. The number of nitrogens with zero attached hydrogens (tertiary/aromatic N) is 6. The average molecular weight is 300 g/mol. The quantitative estimate of drug-likeness (QED) is 0.860. The molecule has 7 heteroatoms. The third kappa shape index (κ3) is 2.06. The van der Waals surface area contributed by atoms with Crippen LogP contribution in [-0.4, -0.2) is 36.3 Å². The molecule has 0 saturated heterocycles. The average Bonchev–Trinajstić information content (AvgIpc) is 3.48. The molecule has 0 radical (unpaired) electrons. The molecule has 3 aliphatic rings. The molecule has 116 valence electrons. The monoisotopic (exact) mass is 300 g/mol. The number of hydrogen-bond donors (Lipinski definition) is 0. The van der Waals surface area contributed by atoms with Crippen molar-refractivity contribution < 1.29 is 4.52 Å². The Bertz CT molecular complexity index is 699. The summed E-state index contributed by atoms with van der Waals surface area (Å²) in [6.07, 6.45) is 4.93. The highest BCUT2D eigenvalue weighted by molar-refractivity contribution is 5.10. The van der Waals surface area contributed by atoms with Gasteiger partial charge >= 0.3 is 0 Å². The molecule has 3 heterocycles. The number of rotatable bonds is 4. The van der Waals surface area contributed by atoms with Gasteiger partial charge in [0, 0.05) is 24.9 Å². The fourth-order valence-corrected chi connectivity index (χ4v) is 3.25. The summed E-state index contributed by atoms with van der Waals surface area (Å²) in [6.45, 7) is 4.88. The summed E-state index contributed by atoms with van der Waals surface area (Å²) >= 11 is 0.